The Morgan fingerprint density at radius 1 is 1.11 bits per heavy atom. The molecule has 3 unspecified atom stereocenters. The van der Waals surface area contributed by atoms with Crippen molar-refractivity contribution in [3.05, 3.63) is 0 Å². The van der Waals surface area contributed by atoms with Crippen molar-refractivity contribution in [2.75, 3.05) is 0 Å². The van der Waals surface area contributed by atoms with Crippen molar-refractivity contribution >= 4 is 15.9 Å². The van der Waals surface area contributed by atoms with Gasteiger partial charge < -0.3 is 5.11 Å². The van der Waals surface area contributed by atoms with E-state index >= 15 is 0 Å². The van der Waals surface area contributed by atoms with Crippen molar-refractivity contribution in [3.8, 4) is 0 Å². The number of rotatable bonds is 2. The van der Waals surface area contributed by atoms with Crippen LogP contribution in [0.3, 0.4) is 0 Å². The Labute approximate surface area is 109 Å². The van der Waals surface area contributed by atoms with Gasteiger partial charge in [0.1, 0.15) is 0 Å². The Balaban J connectivity index is 2.10. The second-order valence-corrected chi connectivity index (χ2v) is 6.91. The van der Waals surface area contributed by atoms with E-state index < -0.39 is 27.3 Å². The molecule has 2 saturated carbocycles. The molecule has 0 saturated heterocycles. The molecule has 2 aliphatic rings. The van der Waals surface area contributed by atoms with Gasteiger partial charge in [0.25, 0.3) is 0 Å². The van der Waals surface area contributed by atoms with Gasteiger partial charge in [-0.2, -0.15) is 26.0 Å². The van der Waals surface area contributed by atoms with Crippen LogP contribution in [0.5, 0.6) is 0 Å². The largest absolute Gasteiger partial charge is 0.861 e. The Morgan fingerprint density at radius 3 is 2.37 bits per heavy atom. The predicted octanol–water partition coefficient (Wildman–Crippen LogP) is 1.81. The Morgan fingerprint density at radius 2 is 1.74 bits per heavy atom. The highest BCUT2D eigenvalue weighted by Crippen LogP contribution is 2.44. The van der Waals surface area contributed by atoms with Crippen LogP contribution in [0.4, 0.5) is 13.2 Å². The minimum atomic E-state index is -5.69. The molecule has 0 aromatic carbocycles. The fraction of sp³-hybridized carbons (Fsp3) is 0.909. The maximum Gasteiger partial charge on any atom is 0.518 e. The zero-order chi connectivity index (χ0) is 14.3. The summed E-state index contributed by atoms with van der Waals surface area (Å²) < 4.78 is 60.5. The van der Waals surface area contributed by atoms with Crippen LogP contribution in [0.15, 0.2) is 4.40 Å². The first-order chi connectivity index (χ1) is 8.71. The van der Waals surface area contributed by atoms with Crippen molar-refractivity contribution in [2.24, 2.45) is 22.2 Å². The normalized spacial score (nSPS) is 33.2. The Kier molecular flexibility index (Phi) is 3.81. The van der Waals surface area contributed by atoms with Crippen molar-refractivity contribution in [2.45, 2.75) is 44.0 Å². The average molecular weight is 298 g/mol. The molecule has 0 aliphatic heterocycles. The molecular formula is C11H15F3NO3S-. The fourth-order valence-corrected chi connectivity index (χ4v) is 3.66. The first-order valence-electron chi connectivity index (χ1n) is 6.29. The maximum atomic E-state index is 12.1. The van der Waals surface area contributed by atoms with E-state index in [0.717, 1.165) is 25.7 Å². The number of alkyl halides is 3. The number of hydrogen-bond donors (Lipinski definition) is 0. The third-order valence-electron chi connectivity index (χ3n) is 4.14. The maximum absolute atomic E-state index is 12.1. The van der Waals surface area contributed by atoms with Crippen molar-refractivity contribution in [3.63, 3.8) is 0 Å². The molecule has 0 amide bonds. The lowest BCUT2D eigenvalue weighted by molar-refractivity contribution is -0.225. The van der Waals surface area contributed by atoms with Crippen LogP contribution in [0, 0.1) is 17.8 Å². The average Bonchev–Trinajstić information content (AvgIpc) is 2.73. The molecule has 0 heterocycles. The van der Waals surface area contributed by atoms with E-state index in [0.29, 0.717) is 24.7 Å². The summed E-state index contributed by atoms with van der Waals surface area (Å²) in [5.74, 6) is -0.922. The van der Waals surface area contributed by atoms with Gasteiger partial charge >= 0.3 is 15.5 Å². The van der Waals surface area contributed by atoms with Crippen LogP contribution in [0.1, 0.15) is 38.5 Å². The fourth-order valence-electron chi connectivity index (χ4n) is 3.17. The second-order valence-electron chi connectivity index (χ2n) is 5.31. The van der Waals surface area contributed by atoms with Crippen molar-refractivity contribution in [1.29, 1.82) is 0 Å². The minimum Gasteiger partial charge on any atom is -0.861 e. The van der Waals surface area contributed by atoms with E-state index in [-0.39, 0.29) is 0 Å². The molecule has 0 aromatic heterocycles. The highest BCUT2D eigenvalue weighted by atomic mass is 32.2. The summed E-state index contributed by atoms with van der Waals surface area (Å²) in [5, 5.41) is 11.6. The van der Waals surface area contributed by atoms with Crippen LogP contribution in [0.2, 0.25) is 0 Å². The number of hydrogen-bond acceptors (Lipinski definition) is 3. The SMILES string of the molecule is O=S(=O)(/N=C(\[O-])C1CCC2CCCC2C1)C(F)(F)F. The molecule has 2 rings (SSSR count). The van der Waals surface area contributed by atoms with Gasteiger partial charge in [0, 0.05) is 0 Å². The van der Waals surface area contributed by atoms with Gasteiger partial charge in [-0.15, -0.1) is 0 Å². The smallest absolute Gasteiger partial charge is 0.518 e. The van der Waals surface area contributed by atoms with Gasteiger partial charge in [0.15, 0.2) is 0 Å². The van der Waals surface area contributed by atoms with Gasteiger partial charge in [0.05, 0.1) is 0 Å². The first kappa shape index (κ1) is 14.6. The molecule has 0 radical (unpaired) electrons. The molecule has 0 spiro atoms. The number of halogens is 3. The third-order valence-corrected chi connectivity index (χ3v) is 5.15. The summed E-state index contributed by atoms with van der Waals surface area (Å²) in [5.41, 5.74) is -5.49. The molecule has 2 aliphatic carbocycles. The van der Waals surface area contributed by atoms with Crippen molar-refractivity contribution < 1.29 is 26.7 Å². The Bertz CT molecular complexity index is 472. The minimum absolute atomic E-state index is 0.339. The molecule has 8 heteroatoms. The summed E-state index contributed by atoms with van der Waals surface area (Å²) in [6, 6.07) is 0. The van der Waals surface area contributed by atoms with E-state index in [1.54, 1.807) is 0 Å². The topological polar surface area (TPSA) is 69.6 Å². The van der Waals surface area contributed by atoms with Gasteiger partial charge in [-0.1, -0.05) is 19.3 Å². The lowest BCUT2D eigenvalue weighted by Crippen LogP contribution is -2.36. The van der Waals surface area contributed by atoms with Crippen LogP contribution in [-0.4, -0.2) is 19.8 Å². The van der Waals surface area contributed by atoms with Crippen LogP contribution in [-0.2, 0) is 10.0 Å². The van der Waals surface area contributed by atoms with Crippen LogP contribution in [0.25, 0.3) is 0 Å². The summed E-state index contributed by atoms with van der Waals surface area (Å²) in [7, 11) is -5.69. The number of fused-ring (bicyclic) bond motifs is 1. The van der Waals surface area contributed by atoms with Gasteiger partial charge in [-0.05, 0) is 42.9 Å². The summed E-state index contributed by atoms with van der Waals surface area (Å²) in [6.07, 6.45) is 4.85. The van der Waals surface area contributed by atoms with Crippen LogP contribution < -0.4 is 5.11 Å². The molecule has 0 aromatic rings. The van der Waals surface area contributed by atoms with E-state index in [4.69, 9.17) is 0 Å². The zero-order valence-electron chi connectivity index (χ0n) is 10.2. The van der Waals surface area contributed by atoms with Gasteiger partial charge in [-0.25, -0.2) is 0 Å². The molecule has 2 fully saturated rings. The van der Waals surface area contributed by atoms with E-state index in [9.17, 15) is 26.7 Å². The quantitative estimate of drug-likeness (QED) is 0.576. The zero-order valence-corrected chi connectivity index (χ0v) is 11.0. The number of sulfonamides is 1. The molecule has 3 atom stereocenters. The first-order valence-corrected chi connectivity index (χ1v) is 7.73. The summed E-state index contributed by atoms with van der Waals surface area (Å²) >= 11 is 0. The van der Waals surface area contributed by atoms with Gasteiger partial charge in [-0.3, -0.25) is 0 Å². The monoisotopic (exact) mass is 298 g/mol. The van der Waals surface area contributed by atoms with Crippen LogP contribution >= 0.6 is 0 Å². The Hall–Kier alpha value is -0.790. The molecule has 4 nitrogen and oxygen atoms in total. The van der Waals surface area contributed by atoms with Crippen molar-refractivity contribution in [1.82, 2.24) is 0 Å². The second kappa shape index (κ2) is 4.96. The van der Waals surface area contributed by atoms with E-state index in [1.165, 1.54) is 0 Å². The lowest BCUT2D eigenvalue weighted by Gasteiger charge is -2.34. The lowest BCUT2D eigenvalue weighted by atomic mass is 9.76. The van der Waals surface area contributed by atoms with Gasteiger partial charge in [0.2, 0.25) is 0 Å². The standard InChI is InChI=1S/C11H16F3NO3S/c12-11(13,14)19(17,18)15-10(16)9-5-4-7-2-1-3-8(7)6-9/h7-9H,1-6H2,(H,15,16)/p-1. The highest BCUT2D eigenvalue weighted by molar-refractivity contribution is 7.91. The number of nitrogens with zero attached hydrogens (tertiary/aromatic N) is 1. The highest BCUT2D eigenvalue weighted by Gasteiger charge is 2.46. The summed E-state index contributed by atoms with van der Waals surface area (Å²) in [4.78, 5) is 0. The third kappa shape index (κ3) is 3.04. The van der Waals surface area contributed by atoms with E-state index in [2.05, 4.69) is 4.40 Å². The van der Waals surface area contributed by atoms with E-state index in [1.807, 2.05) is 0 Å². The molecule has 110 valence electrons. The molecule has 0 bridgehead atoms. The molecule has 0 N–H and O–H groups in total. The molecular weight excluding hydrogens is 283 g/mol. The molecule has 19 heavy (non-hydrogen) atoms. The predicted molar refractivity (Wildman–Crippen MR) is 60.6 cm³/mol. The summed E-state index contributed by atoms with van der Waals surface area (Å²) in [6.45, 7) is 0.